The van der Waals surface area contributed by atoms with Crippen LogP contribution in [0.1, 0.15) is 25.0 Å². The second kappa shape index (κ2) is 4.37. The molecule has 1 aliphatic carbocycles. The number of rotatable bonds is 4. The van der Waals surface area contributed by atoms with Crippen LogP contribution in [0.4, 0.5) is 17.5 Å². The Morgan fingerprint density at radius 3 is 2.67 bits per heavy atom. The van der Waals surface area contributed by atoms with Crippen molar-refractivity contribution in [2.24, 2.45) is 0 Å². The molecule has 2 rings (SSSR count). The van der Waals surface area contributed by atoms with E-state index in [1.54, 1.807) is 0 Å². The largest absolute Gasteiger partial charge is 0.394 e. The first-order chi connectivity index (χ1) is 8.47. The van der Waals surface area contributed by atoms with Gasteiger partial charge in [-0.3, -0.25) is 10.1 Å². The van der Waals surface area contributed by atoms with Crippen molar-refractivity contribution in [3.05, 3.63) is 15.8 Å². The third kappa shape index (κ3) is 2.06. The Morgan fingerprint density at radius 1 is 1.56 bits per heavy atom. The summed E-state index contributed by atoms with van der Waals surface area (Å²) in [6, 6.07) is 0. The Balaban J connectivity index is 2.39. The van der Waals surface area contributed by atoms with E-state index in [9.17, 15) is 15.2 Å². The van der Waals surface area contributed by atoms with Crippen LogP contribution in [0.2, 0.25) is 0 Å². The van der Waals surface area contributed by atoms with Gasteiger partial charge in [-0.05, 0) is 26.2 Å². The van der Waals surface area contributed by atoms with E-state index in [1.165, 1.54) is 6.92 Å². The molecule has 8 nitrogen and oxygen atoms in total. The number of aliphatic hydroxyl groups excluding tert-OH is 1. The Labute approximate surface area is 103 Å². The highest BCUT2D eigenvalue weighted by Gasteiger charge is 2.38. The van der Waals surface area contributed by atoms with Crippen LogP contribution < -0.4 is 11.1 Å². The quantitative estimate of drug-likeness (QED) is 0.529. The molecule has 0 aromatic carbocycles. The molecule has 4 N–H and O–H groups in total. The lowest BCUT2D eigenvalue weighted by atomic mass is 9.77. The number of aliphatic hydroxyl groups is 1. The van der Waals surface area contributed by atoms with Gasteiger partial charge in [0.15, 0.2) is 0 Å². The SMILES string of the molecule is Cc1nc(N)nc(NC2(CO)CCC2)c1[N+](=O)[O-]. The van der Waals surface area contributed by atoms with Crippen LogP contribution in [0, 0.1) is 17.0 Å². The number of aromatic nitrogens is 2. The Kier molecular flexibility index (Phi) is 3.04. The summed E-state index contributed by atoms with van der Waals surface area (Å²) in [5.41, 5.74) is 5.00. The van der Waals surface area contributed by atoms with Crippen molar-refractivity contribution in [3.8, 4) is 0 Å². The molecule has 0 saturated heterocycles. The van der Waals surface area contributed by atoms with E-state index in [-0.39, 0.29) is 29.8 Å². The van der Waals surface area contributed by atoms with Gasteiger partial charge in [0.25, 0.3) is 0 Å². The summed E-state index contributed by atoms with van der Waals surface area (Å²) >= 11 is 0. The summed E-state index contributed by atoms with van der Waals surface area (Å²) in [7, 11) is 0. The van der Waals surface area contributed by atoms with Crippen molar-refractivity contribution < 1.29 is 10.0 Å². The molecule has 0 spiro atoms. The van der Waals surface area contributed by atoms with Crippen molar-refractivity contribution >= 4 is 17.5 Å². The average molecular weight is 253 g/mol. The number of hydrogen-bond donors (Lipinski definition) is 3. The topological polar surface area (TPSA) is 127 Å². The maximum atomic E-state index is 11.0. The molecule has 0 bridgehead atoms. The molecule has 0 amide bonds. The number of nitrogen functional groups attached to an aromatic ring is 1. The van der Waals surface area contributed by atoms with Gasteiger partial charge in [-0.15, -0.1) is 0 Å². The fourth-order valence-corrected chi connectivity index (χ4v) is 2.07. The molecular formula is C10H15N5O3. The third-order valence-corrected chi connectivity index (χ3v) is 3.26. The van der Waals surface area contributed by atoms with Gasteiger partial charge in [0.05, 0.1) is 17.1 Å². The fourth-order valence-electron chi connectivity index (χ4n) is 2.07. The van der Waals surface area contributed by atoms with Crippen LogP contribution in [0.25, 0.3) is 0 Å². The third-order valence-electron chi connectivity index (χ3n) is 3.26. The number of nitrogens with zero attached hydrogens (tertiary/aromatic N) is 3. The Hall–Kier alpha value is -1.96. The van der Waals surface area contributed by atoms with Gasteiger partial charge in [-0.1, -0.05) is 0 Å². The standard InChI is InChI=1S/C10H15N5O3/c1-6-7(15(17)18)8(13-9(11)12-6)14-10(5-16)3-2-4-10/h16H,2-5H2,1H3,(H3,11,12,13,14). The lowest BCUT2D eigenvalue weighted by molar-refractivity contribution is -0.385. The molecule has 1 aromatic heterocycles. The molecule has 1 aromatic rings. The zero-order valence-corrected chi connectivity index (χ0v) is 10.0. The van der Waals surface area contributed by atoms with Crippen molar-refractivity contribution in [2.75, 3.05) is 17.7 Å². The second-order valence-electron chi connectivity index (χ2n) is 4.54. The molecule has 1 aliphatic rings. The number of anilines is 2. The molecule has 1 saturated carbocycles. The summed E-state index contributed by atoms with van der Waals surface area (Å²) in [6.45, 7) is 1.42. The van der Waals surface area contributed by atoms with Crippen LogP contribution >= 0.6 is 0 Å². The van der Waals surface area contributed by atoms with Crippen LogP contribution in [0.15, 0.2) is 0 Å². The zero-order chi connectivity index (χ0) is 13.3. The minimum Gasteiger partial charge on any atom is -0.394 e. The maximum absolute atomic E-state index is 11.0. The van der Waals surface area contributed by atoms with E-state index in [0.717, 1.165) is 19.3 Å². The van der Waals surface area contributed by atoms with Crippen LogP contribution in [-0.2, 0) is 0 Å². The Bertz CT molecular complexity index is 481. The minimum atomic E-state index is -0.541. The van der Waals surface area contributed by atoms with E-state index >= 15 is 0 Å². The lowest BCUT2D eigenvalue weighted by Gasteiger charge is -2.41. The van der Waals surface area contributed by atoms with Crippen LogP contribution in [-0.4, -0.2) is 32.1 Å². The van der Waals surface area contributed by atoms with Gasteiger partial charge >= 0.3 is 5.69 Å². The number of hydrogen-bond acceptors (Lipinski definition) is 7. The average Bonchev–Trinajstić information content (AvgIpc) is 2.21. The van der Waals surface area contributed by atoms with Gasteiger partial charge in [-0.2, -0.15) is 4.98 Å². The Morgan fingerprint density at radius 2 is 2.22 bits per heavy atom. The first-order valence-electron chi connectivity index (χ1n) is 5.65. The fraction of sp³-hybridized carbons (Fsp3) is 0.600. The highest BCUT2D eigenvalue weighted by atomic mass is 16.6. The van der Waals surface area contributed by atoms with Crippen molar-refractivity contribution in [1.82, 2.24) is 9.97 Å². The summed E-state index contributed by atoms with van der Waals surface area (Å²) in [5.74, 6) is 0.0618. The normalized spacial score (nSPS) is 17.0. The number of aryl methyl sites for hydroxylation is 1. The predicted octanol–water partition coefficient (Wildman–Crippen LogP) is 0.602. The monoisotopic (exact) mass is 253 g/mol. The van der Waals surface area contributed by atoms with E-state index in [4.69, 9.17) is 5.73 Å². The highest BCUT2D eigenvalue weighted by Crippen LogP contribution is 2.37. The molecular weight excluding hydrogens is 238 g/mol. The molecule has 0 aliphatic heterocycles. The number of nitro groups is 1. The van der Waals surface area contributed by atoms with E-state index < -0.39 is 10.5 Å². The lowest BCUT2D eigenvalue weighted by Crippen LogP contribution is -2.48. The molecule has 18 heavy (non-hydrogen) atoms. The maximum Gasteiger partial charge on any atom is 0.332 e. The highest BCUT2D eigenvalue weighted by molar-refractivity contribution is 5.61. The first kappa shape index (κ1) is 12.5. The van der Waals surface area contributed by atoms with Gasteiger partial charge in [0.2, 0.25) is 11.8 Å². The smallest absolute Gasteiger partial charge is 0.332 e. The summed E-state index contributed by atoms with van der Waals surface area (Å²) in [4.78, 5) is 18.1. The first-order valence-corrected chi connectivity index (χ1v) is 5.65. The van der Waals surface area contributed by atoms with Gasteiger partial charge < -0.3 is 16.2 Å². The second-order valence-corrected chi connectivity index (χ2v) is 4.54. The van der Waals surface area contributed by atoms with Crippen molar-refractivity contribution in [1.29, 1.82) is 0 Å². The molecule has 0 radical (unpaired) electrons. The van der Waals surface area contributed by atoms with Gasteiger partial charge in [-0.25, -0.2) is 4.98 Å². The van der Waals surface area contributed by atoms with E-state index in [0.29, 0.717) is 0 Å². The number of nitrogens with two attached hydrogens (primary N) is 1. The van der Waals surface area contributed by atoms with E-state index in [2.05, 4.69) is 15.3 Å². The summed E-state index contributed by atoms with van der Waals surface area (Å²) in [6.07, 6.45) is 2.48. The summed E-state index contributed by atoms with van der Waals surface area (Å²) < 4.78 is 0. The zero-order valence-electron chi connectivity index (χ0n) is 10.0. The van der Waals surface area contributed by atoms with Crippen molar-refractivity contribution in [3.63, 3.8) is 0 Å². The minimum absolute atomic E-state index is 0.0204. The molecule has 0 atom stereocenters. The molecule has 98 valence electrons. The van der Waals surface area contributed by atoms with Crippen LogP contribution in [0.5, 0.6) is 0 Å². The van der Waals surface area contributed by atoms with E-state index in [1.807, 2.05) is 0 Å². The van der Waals surface area contributed by atoms with Crippen molar-refractivity contribution in [2.45, 2.75) is 31.7 Å². The summed E-state index contributed by atoms with van der Waals surface area (Å²) in [5, 5.41) is 23.3. The molecule has 1 heterocycles. The number of nitrogens with one attached hydrogen (secondary N) is 1. The van der Waals surface area contributed by atoms with Gasteiger partial charge in [0.1, 0.15) is 5.69 Å². The van der Waals surface area contributed by atoms with Gasteiger partial charge in [0, 0.05) is 0 Å². The van der Waals surface area contributed by atoms with Crippen LogP contribution in [0.3, 0.4) is 0 Å². The predicted molar refractivity (Wildman–Crippen MR) is 65.1 cm³/mol. The molecule has 8 heteroatoms. The molecule has 0 unspecified atom stereocenters. The molecule has 1 fully saturated rings.